The quantitative estimate of drug-likeness (QED) is 0.812. The third-order valence-corrected chi connectivity index (χ3v) is 6.37. The molecular formula is C21H30N4O2. The Labute approximate surface area is 161 Å². The van der Waals surface area contributed by atoms with Gasteiger partial charge in [0.15, 0.2) is 0 Å². The average molecular weight is 370 g/mol. The van der Waals surface area contributed by atoms with Crippen molar-refractivity contribution < 1.29 is 9.59 Å². The van der Waals surface area contributed by atoms with Crippen LogP contribution in [-0.4, -0.2) is 70.3 Å². The molecule has 2 aliphatic heterocycles. The zero-order valence-electron chi connectivity index (χ0n) is 16.1. The van der Waals surface area contributed by atoms with Crippen molar-refractivity contribution in [3.63, 3.8) is 0 Å². The van der Waals surface area contributed by atoms with Crippen molar-refractivity contribution in [1.29, 1.82) is 0 Å². The standard InChI is InChI=1S/C21H30N4O2/c26-20(17-6-2-1-3-7-17)24-14-12-23(13-15-24)19-9-11-25(21(19)27)16-18-8-4-5-10-22-18/h4-5,8,10,17,19H,1-3,6-7,9,11-16H2. The van der Waals surface area contributed by atoms with E-state index >= 15 is 0 Å². The van der Waals surface area contributed by atoms with Gasteiger partial charge in [0.25, 0.3) is 0 Å². The number of hydrogen-bond acceptors (Lipinski definition) is 4. The summed E-state index contributed by atoms with van der Waals surface area (Å²) in [7, 11) is 0. The summed E-state index contributed by atoms with van der Waals surface area (Å²) in [6.07, 6.45) is 8.43. The molecule has 6 nitrogen and oxygen atoms in total. The largest absolute Gasteiger partial charge is 0.340 e. The van der Waals surface area contributed by atoms with Gasteiger partial charge in [-0.25, -0.2) is 0 Å². The second-order valence-electron chi connectivity index (χ2n) is 8.08. The van der Waals surface area contributed by atoms with E-state index in [9.17, 15) is 9.59 Å². The average Bonchev–Trinajstić information content (AvgIpc) is 3.09. The summed E-state index contributed by atoms with van der Waals surface area (Å²) in [5.74, 6) is 0.809. The molecule has 4 rings (SSSR count). The van der Waals surface area contributed by atoms with E-state index in [-0.39, 0.29) is 17.9 Å². The maximum absolute atomic E-state index is 12.8. The molecule has 1 atom stereocenters. The fraction of sp³-hybridized carbons (Fsp3) is 0.667. The molecule has 1 unspecified atom stereocenters. The van der Waals surface area contributed by atoms with Gasteiger partial charge in [0.1, 0.15) is 0 Å². The van der Waals surface area contributed by atoms with Crippen LogP contribution >= 0.6 is 0 Å². The maximum atomic E-state index is 12.8. The predicted octanol–water partition coefficient (Wildman–Crippen LogP) is 1.91. The van der Waals surface area contributed by atoms with E-state index in [4.69, 9.17) is 0 Å². The molecule has 0 spiro atoms. The highest BCUT2D eigenvalue weighted by Crippen LogP contribution is 2.26. The SMILES string of the molecule is O=C(C1CCCCC1)N1CCN(C2CCN(Cc3ccccn3)C2=O)CC1. The van der Waals surface area contributed by atoms with Crippen LogP contribution in [-0.2, 0) is 16.1 Å². The van der Waals surface area contributed by atoms with Gasteiger partial charge in [-0.05, 0) is 31.4 Å². The first-order chi connectivity index (χ1) is 13.2. The lowest BCUT2D eigenvalue weighted by molar-refractivity contribution is -0.139. The summed E-state index contributed by atoms with van der Waals surface area (Å²) < 4.78 is 0. The lowest BCUT2D eigenvalue weighted by Gasteiger charge is -2.39. The van der Waals surface area contributed by atoms with Gasteiger partial charge in [-0.1, -0.05) is 25.3 Å². The number of carbonyl (C=O) groups excluding carboxylic acids is 2. The summed E-state index contributed by atoms with van der Waals surface area (Å²) in [6, 6.07) is 5.80. The molecule has 2 amide bonds. The summed E-state index contributed by atoms with van der Waals surface area (Å²) in [4.78, 5) is 36.2. The van der Waals surface area contributed by atoms with E-state index < -0.39 is 0 Å². The minimum absolute atomic E-state index is 0.0272. The number of amides is 2. The van der Waals surface area contributed by atoms with Crippen molar-refractivity contribution in [3.8, 4) is 0 Å². The Bertz CT molecular complexity index is 651. The molecule has 1 saturated carbocycles. The third-order valence-electron chi connectivity index (χ3n) is 6.37. The topological polar surface area (TPSA) is 56.8 Å². The van der Waals surface area contributed by atoms with Gasteiger partial charge in [-0.2, -0.15) is 0 Å². The van der Waals surface area contributed by atoms with Gasteiger partial charge in [0, 0.05) is 44.8 Å². The monoisotopic (exact) mass is 370 g/mol. The van der Waals surface area contributed by atoms with Crippen molar-refractivity contribution in [2.45, 2.75) is 51.1 Å². The first kappa shape index (κ1) is 18.4. The van der Waals surface area contributed by atoms with Gasteiger partial charge in [-0.15, -0.1) is 0 Å². The van der Waals surface area contributed by atoms with Crippen LogP contribution in [0.4, 0.5) is 0 Å². The van der Waals surface area contributed by atoms with Gasteiger partial charge in [0.05, 0.1) is 18.3 Å². The Balaban J connectivity index is 1.28. The highest BCUT2D eigenvalue weighted by atomic mass is 16.2. The van der Waals surface area contributed by atoms with Crippen LogP contribution in [0, 0.1) is 5.92 Å². The van der Waals surface area contributed by atoms with Crippen LogP contribution in [0.2, 0.25) is 0 Å². The highest BCUT2D eigenvalue weighted by Gasteiger charge is 2.38. The molecule has 0 N–H and O–H groups in total. The van der Waals surface area contributed by atoms with E-state index in [0.717, 1.165) is 57.7 Å². The Morgan fingerprint density at radius 2 is 1.78 bits per heavy atom. The molecule has 2 saturated heterocycles. The van der Waals surface area contributed by atoms with Crippen molar-refractivity contribution in [2.24, 2.45) is 5.92 Å². The number of hydrogen-bond donors (Lipinski definition) is 0. The number of rotatable bonds is 4. The third kappa shape index (κ3) is 4.15. The van der Waals surface area contributed by atoms with E-state index in [1.165, 1.54) is 19.3 Å². The normalized spacial score (nSPS) is 25.2. The number of carbonyl (C=O) groups is 2. The highest BCUT2D eigenvalue weighted by molar-refractivity contribution is 5.84. The molecule has 6 heteroatoms. The minimum atomic E-state index is -0.0272. The van der Waals surface area contributed by atoms with Gasteiger partial charge in [0.2, 0.25) is 11.8 Å². The van der Waals surface area contributed by atoms with Crippen LogP contribution < -0.4 is 0 Å². The smallest absolute Gasteiger partial charge is 0.240 e. The van der Waals surface area contributed by atoms with Gasteiger partial charge < -0.3 is 9.80 Å². The van der Waals surface area contributed by atoms with E-state index in [2.05, 4.69) is 9.88 Å². The summed E-state index contributed by atoms with van der Waals surface area (Å²) in [6.45, 7) is 4.54. The lowest BCUT2D eigenvalue weighted by Crippen LogP contribution is -2.54. The van der Waals surface area contributed by atoms with Crippen LogP contribution in [0.15, 0.2) is 24.4 Å². The molecule has 1 aromatic heterocycles. The summed E-state index contributed by atoms with van der Waals surface area (Å²) in [5, 5.41) is 0. The van der Waals surface area contributed by atoms with E-state index in [1.807, 2.05) is 28.0 Å². The second kappa shape index (κ2) is 8.38. The molecule has 1 aromatic rings. The first-order valence-electron chi connectivity index (χ1n) is 10.4. The number of nitrogens with zero attached hydrogens (tertiary/aromatic N) is 4. The lowest BCUT2D eigenvalue weighted by atomic mass is 9.88. The number of likely N-dealkylation sites (tertiary alicyclic amines) is 1. The predicted molar refractivity (Wildman–Crippen MR) is 103 cm³/mol. The zero-order chi connectivity index (χ0) is 18.6. The molecule has 3 heterocycles. The van der Waals surface area contributed by atoms with Crippen LogP contribution in [0.1, 0.15) is 44.2 Å². The number of pyridine rings is 1. The Hall–Kier alpha value is -1.95. The fourth-order valence-corrected chi connectivity index (χ4v) is 4.77. The van der Waals surface area contributed by atoms with E-state index in [1.54, 1.807) is 6.20 Å². The van der Waals surface area contributed by atoms with Crippen molar-refractivity contribution in [3.05, 3.63) is 30.1 Å². The molecule has 1 aliphatic carbocycles. The molecule has 27 heavy (non-hydrogen) atoms. The number of aromatic nitrogens is 1. The Morgan fingerprint density at radius 1 is 1.00 bits per heavy atom. The fourth-order valence-electron chi connectivity index (χ4n) is 4.77. The molecule has 3 aliphatic rings. The maximum Gasteiger partial charge on any atom is 0.240 e. The molecule has 0 radical (unpaired) electrons. The van der Waals surface area contributed by atoms with Crippen molar-refractivity contribution >= 4 is 11.8 Å². The second-order valence-corrected chi connectivity index (χ2v) is 8.08. The van der Waals surface area contributed by atoms with Gasteiger partial charge in [-0.3, -0.25) is 19.5 Å². The molecule has 0 bridgehead atoms. The minimum Gasteiger partial charge on any atom is -0.340 e. The Kier molecular flexibility index (Phi) is 5.72. The number of piperazine rings is 1. The summed E-state index contributed by atoms with van der Waals surface area (Å²) in [5.41, 5.74) is 0.939. The van der Waals surface area contributed by atoms with Gasteiger partial charge >= 0.3 is 0 Å². The molecule has 0 aromatic carbocycles. The molecular weight excluding hydrogens is 340 g/mol. The van der Waals surface area contributed by atoms with Crippen LogP contribution in [0.3, 0.4) is 0 Å². The van der Waals surface area contributed by atoms with Crippen LogP contribution in [0.5, 0.6) is 0 Å². The zero-order valence-corrected chi connectivity index (χ0v) is 16.1. The molecule has 146 valence electrons. The van der Waals surface area contributed by atoms with Crippen molar-refractivity contribution in [2.75, 3.05) is 32.7 Å². The summed E-state index contributed by atoms with van der Waals surface area (Å²) >= 11 is 0. The van der Waals surface area contributed by atoms with Crippen LogP contribution in [0.25, 0.3) is 0 Å². The Morgan fingerprint density at radius 3 is 2.48 bits per heavy atom. The molecule has 3 fully saturated rings. The van der Waals surface area contributed by atoms with Crippen molar-refractivity contribution in [1.82, 2.24) is 19.7 Å². The first-order valence-corrected chi connectivity index (χ1v) is 10.4. The van der Waals surface area contributed by atoms with E-state index in [0.29, 0.717) is 12.5 Å².